The number of phosphoric acid groups is 3. The topological polar surface area (TPSA) is 210 Å². The largest absolute Gasteiger partial charge is 0.490 e. The molecule has 1 aromatic rings. The van der Waals surface area contributed by atoms with Gasteiger partial charge in [-0.3, -0.25) is 9.09 Å². The summed E-state index contributed by atoms with van der Waals surface area (Å²) in [6.07, 6.45) is -5.25. The van der Waals surface area contributed by atoms with Gasteiger partial charge in [-0.15, -0.1) is 0 Å². The van der Waals surface area contributed by atoms with Gasteiger partial charge >= 0.3 is 23.5 Å². The van der Waals surface area contributed by atoms with Crippen LogP contribution in [0, 0.1) is 15.2 Å². The molecule has 1 aromatic heterocycles. The number of nitrogens with one attached hydrogen (secondary N) is 1. The Morgan fingerprint density at radius 2 is 1.73 bits per heavy atom. The third kappa shape index (κ3) is 6.62. The van der Waals surface area contributed by atoms with E-state index in [0.717, 1.165) is 0 Å². The van der Waals surface area contributed by atoms with Crippen LogP contribution in [0.5, 0.6) is 0 Å². The lowest BCUT2D eigenvalue weighted by molar-refractivity contribution is -0.204. The van der Waals surface area contributed by atoms with E-state index in [-0.39, 0.29) is 0 Å². The second kappa shape index (κ2) is 9.55. The van der Waals surface area contributed by atoms with E-state index in [0.29, 0.717) is 10.8 Å². The van der Waals surface area contributed by atoms with E-state index < -0.39 is 75.8 Å². The average Bonchev–Trinajstić information content (AvgIpc) is 2.82. The van der Waals surface area contributed by atoms with Crippen LogP contribution in [-0.2, 0) is 31.6 Å². The molecule has 1 saturated heterocycles. The molecule has 190 valence electrons. The van der Waals surface area contributed by atoms with Crippen LogP contribution in [0.4, 0.5) is 17.6 Å². The number of hydrogen-bond donors (Lipinski definition) is 6. The third-order valence-corrected chi connectivity index (χ3v) is 8.20. The van der Waals surface area contributed by atoms with E-state index in [2.05, 4.69) is 35.1 Å². The van der Waals surface area contributed by atoms with E-state index in [4.69, 9.17) is 26.9 Å². The Morgan fingerprint density at radius 3 is 2.24 bits per heavy atom. The summed E-state index contributed by atoms with van der Waals surface area (Å²) in [5.74, 6) is -5.11. The van der Waals surface area contributed by atoms with Gasteiger partial charge in [-0.1, -0.05) is 12.2 Å². The molecule has 6 atom stereocenters. The monoisotopic (exact) mass is 586 g/mol. The van der Waals surface area contributed by atoms with Crippen molar-refractivity contribution >= 4 is 47.9 Å². The van der Waals surface area contributed by atoms with E-state index >= 15 is 8.78 Å². The Morgan fingerprint density at radius 1 is 1.15 bits per heavy atom. The first-order valence-electron chi connectivity index (χ1n) is 7.84. The Kier molecular flexibility index (Phi) is 8.34. The van der Waals surface area contributed by atoms with Gasteiger partial charge in [0.1, 0.15) is 17.9 Å². The molecule has 6 N–H and O–H groups in total. The van der Waals surface area contributed by atoms with Gasteiger partial charge in [0.05, 0.1) is 0 Å². The lowest BCUT2D eigenvalue weighted by Gasteiger charge is -2.27. The predicted molar refractivity (Wildman–Crippen MR) is 100 cm³/mol. The zero-order valence-electron chi connectivity index (χ0n) is 15.4. The highest BCUT2D eigenvalue weighted by atomic mass is 32.1. The summed E-state index contributed by atoms with van der Waals surface area (Å²) >= 11 is 9.31. The number of aliphatic hydroxyl groups excluding tert-OH is 1. The maximum atomic E-state index is 15.1. The highest BCUT2D eigenvalue weighted by Crippen LogP contribution is 2.66. The van der Waals surface area contributed by atoms with Crippen molar-refractivity contribution in [2.75, 3.05) is 13.3 Å². The molecule has 0 aliphatic carbocycles. The van der Waals surface area contributed by atoms with Crippen molar-refractivity contribution in [1.29, 1.82) is 0 Å². The van der Waals surface area contributed by atoms with E-state index in [1.165, 1.54) is 0 Å². The Bertz CT molecular complexity index is 1180. The summed E-state index contributed by atoms with van der Waals surface area (Å²) in [4.78, 5) is 37.4. The third-order valence-electron chi connectivity index (χ3n) is 3.80. The number of ether oxygens (including phenoxy) is 1. The molecular formula is C10H13F4N2O12P3S2. The van der Waals surface area contributed by atoms with Crippen LogP contribution in [-0.4, -0.2) is 65.1 Å². The van der Waals surface area contributed by atoms with Gasteiger partial charge in [0.2, 0.25) is 5.67 Å². The van der Waals surface area contributed by atoms with Crippen molar-refractivity contribution < 1.29 is 73.8 Å². The second-order valence-corrected chi connectivity index (χ2v) is 11.4. The summed E-state index contributed by atoms with van der Waals surface area (Å²) in [5, 5.41) is 9.99. The SMILES string of the molecule is O=P(O)(O)OP(=O)(O)OP(=O)(O)OC[C@@]1(F)O[C@@H](n2cc(F)c(=S)[nH]c2=S)C(F)(CF)[C@H]1O. The number of alkyl halides is 3. The van der Waals surface area contributed by atoms with E-state index in [1.807, 2.05) is 0 Å². The molecule has 1 aliphatic heterocycles. The zero-order valence-corrected chi connectivity index (χ0v) is 19.7. The van der Waals surface area contributed by atoms with Crippen LogP contribution < -0.4 is 0 Å². The lowest BCUT2D eigenvalue weighted by Crippen LogP contribution is -2.49. The number of nitrogens with zero attached hydrogens (tertiary/aromatic N) is 1. The van der Waals surface area contributed by atoms with Gasteiger partial charge in [-0.25, -0.2) is 31.3 Å². The molecule has 14 nitrogen and oxygen atoms in total. The van der Waals surface area contributed by atoms with Crippen LogP contribution in [0.15, 0.2) is 6.20 Å². The molecule has 1 fully saturated rings. The number of aromatic amines is 1. The summed E-state index contributed by atoms with van der Waals surface area (Å²) < 4.78 is 106. The molecule has 2 heterocycles. The number of aliphatic hydroxyl groups is 1. The van der Waals surface area contributed by atoms with Crippen molar-refractivity contribution in [3.05, 3.63) is 21.4 Å². The maximum Gasteiger partial charge on any atom is 0.490 e. The summed E-state index contributed by atoms with van der Waals surface area (Å²) in [6.45, 7) is -4.14. The number of rotatable bonds is 9. The Labute approximate surface area is 190 Å². The fourth-order valence-corrected chi connectivity index (χ4v) is 5.99. The fraction of sp³-hybridized carbons (Fsp3) is 0.600. The van der Waals surface area contributed by atoms with Crippen molar-refractivity contribution in [2.24, 2.45) is 0 Å². The number of aromatic nitrogens is 2. The maximum absolute atomic E-state index is 15.1. The van der Waals surface area contributed by atoms with Gasteiger partial charge in [0.25, 0.3) is 5.85 Å². The Balaban J connectivity index is 2.31. The number of hydrogen-bond acceptors (Lipinski definition) is 10. The second-order valence-electron chi connectivity index (χ2n) is 6.23. The Hall–Kier alpha value is -0.430. The van der Waals surface area contributed by atoms with Crippen LogP contribution in [0.1, 0.15) is 6.23 Å². The van der Waals surface area contributed by atoms with E-state index in [1.54, 1.807) is 0 Å². The summed E-state index contributed by atoms with van der Waals surface area (Å²) in [7, 11) is -17.6. The van der Waals surface area contributed by atoms with Crippen LogP contribution in [0.3, 0.4) is 0 Å². The minimum Gasteiger partial charge on any atom is -0.383 e. The van der Waals surface area contributed by atoms with Crippen LogP contribution >= 0.6 is 47.9 Å². The van der Waals surface area contributed by atoms with Crippen molar-refractivity contribution in [1.82, 2.24) is 9.55 Å². The fourth-order valence-electron chi connectivity index (χ4n) is 2.49. The van der Waals surface area contributed by atoms with Crippen LogP contribution in [0.2, 0.25) is 0 Å². The standard InChI is InChI=1S/C10H13F4N2O12P3S2/c11-2-9(13)6(17)10(14,26-7(9)16-1-4(12)5(32)15-8(16)33)3-25-30(21,22)28-31(23,24)27-29(18,19)20/h1,6-7,17H,2-3H2,(H,21,22)(H,23,24)(H,15,32,33)(H2,18,19,20)/t6-,7-,9?,10-/m1/s1. The summed E-state index contributed by atoms with van der Waals surface area (Å²) in [5.41, 5.74) is -3.68. The zero-order chi connectivity index (χ0) is 25.6. The van der Waals surface area contributed by atoms with Crippen LogP contribution in [0.25, 0.3) is 0 Å². The molecule has 0 aromatic carbocycles. The molecule has 2 rings (SSSR count). The minimum atomic E-state index is -5.98. The molecule has 23 heteroatoms. The summed E-state index contributed by atoms with van der Waals surface area (Å²) in [6, 6.07) is 0. The first kappa shape index (κ1) is 28.8. The molecule has 0 spiro atoms. The van der Waals surface area contributed by atoms with Crippen molar-refractivity contribution in [3.63, 3.8) is 0 Å². The molecule has 33 heavy (non-hydrogen) atoms. The van der Waals surface area contributed by atoms with Gasteiger partial charge in [-0.05, 0) is 12.2 Å². The molecule has 1 aliphatic rings. The van der Waals surface area contributed by atoms with E-state index in [9.17, 15) is 32.5 Å². The predicted octanol–water partition coefficient (Wildman–Crippen LogP) is 1.99. The first-order valence-corrected chi connectivity index (χ1v) is 13.2. The number of phosphoric ester groups is 1. The minimum absolute atomic E-state index is 0.315. The first-order chi connectivity index (χ1) is 14.8. The average molecular weight is 586 g/mol. The quantitative estimate of drug-likeness (QED) is 0.139. The normalized spacial score (nSPS) is 31.8. The van der Waals surface area contributed by atoms with Crippen molar-refractivity contribution in [2.45, 2.75) is 23.9 Å². The molecule has 0 bridgehead atoms. The molecule has 3 unspecified atom stereocenters. The van der Waals surface area contributed by atoms with Gasteiger partial charge in [0.15, 0.2) is 22.9 Å². The highest BCUT2D eigenvalue weighted by Gasteiger charge is 2.67. The highest BCUT2D eigenvalue weighted by molar-refractivity contribution is 7.72. The number of H-pyrrole nitrogens is 1. The van der Waals surface area contributed by atoms with Gasteiger partial charge in [-0.2, -0.15) is 8.62 Å². The van der Waals surface area contributed by atoms with Gasteiger partial charge in [0, 0.05) is 6.20 Å². The smallest absolute Gasteiger partial charge is 0.383 e. The van der Waals surface area contributed by atoms with Crippen molar-refractivity contribution in [3.8, 4) is 0 Å². The lowest BCUT2D eigenvalue weighted by atomic mass is 9.96. The number of halogens is 4. The molecule has 0 radical (unpaired) electrons. The van der Waals surface area contributed by atoms with Gasteiger partial charge < -0.3 is 34.4 Å². The molecular weight excluding hydrogens is 573 g/mol. The molecule has 0 saturated carbocycles. The molecule has 0 amide bonds.